The average Bonchev–Trinajstić information content (AvgIpc) is 3.36. The first-order valence-electron chi connectivity index (χ1n) is 11.9. The molecule has 4 aromatic carbocycles. The Morgan fingerprint density at radius 2 is 1.62 bits per heavy atom. The molecule has 0 bridgehead atoms. The van der Waals surface area contributed by atoms with E-state index in [0.717, 1.165) is 5.56 Å². The first-order valence-corrected chi connectivity index (χ1v) is 11.9. The van der Waals surface area contributed by atoms with Crippen LogP contribution in [-0.4, -0.2) is 23.8 Å². The number of methoxy groups -OCH3 is 1. The van der Waals surface area contributed by atoms with Gasteiger partial charge in [-0.1, -0.05) is 48.5 Å². The number of rotatable bonds is 8. The summed E-state index contributed by atoms with van der Waals surface area (Å²) in [5, 5.41) is 11.5. The third-order valence-electron chi connectivity index (χ3n) is 5.99. The number of ketones is 1. The maximum Gasteiger partial charge on any atom is 0.348 e. The van der Waals surface area contributed by atoms with Crippen molar-refractivity contribution < 1.29 is 28.4 Å². The minimum atomic E-state index is -0.620. The van der Waals surface area contributed by atoms with E-state index >= 15 is 0 Å². The SMILES string of the molecule is COc1ccc2oc(-c3ccccc3)c(C(=O)Oc3ccc(C(=O)/C=C/c4cccc([N+](=O)[O-])c4)cc3)c2c1. The summed E-state index contributed by atoms with van der Waals surface area (Å²) in [5.74, 6) is 0.263. The van der Waals surface area contributed by atoms with Crippen LogP contribution in [0.3, 0.4) is 0 Å². The van der Waals surface area contributed by atoms with E-state index in [4.69, 9.17) is 13.9 Å². The van der Waals surface area contributed by atoms with Crippen molar-refractivity contribution in [2.45, 2.75) is 0 Å². The minimum Gasteiger partial charge on any atom is -0.497 e. The number of nitro benzene ring substituents is 1. The van der Waals surface area contributed by atoms with Gasteiger partial charge in [0.25, 0.3) is 5.69 Å². The van der Waals surface area contributed by atoms with E-state index < -0.39 is 10.9 Å². The summed E-state index contributed by atoms with van der Waals surface area (Å²) >= 11 is 0. The normalized spacial score (nSPS) is 11.0. The lowest BCUT2D eigenvalue weighted by Crippen LogP contribution is -2.09. The van der Waals surface area contributed by atoms with Gasteiger partial charge in [0.1, 0.15) is 28.4 Å². The van der Waals surface area contributed by atoms with Crippen molar-refractivity contribution in [2.75, 3.05) is 7.11 Å². The van der Waals surface area contributed by atoms with Crippen molar-refractivity contribution in [3.05, 3.63) is 130 Å². The van der Waals surface area contributed by atoms with Crippen molar-refractivity contribution in [2.24, 2.45) is 0 Å². The molecular weight excluding hydrogens is 498 g/mol. The summed E-state index contributed by atoms with van der Waals surface area (Å²) < 4.78 is 17.0. The highest BCUT2D eigenvalue weighted by Crippen LogP contribution is 2.36. The van der Waals surface area contributed by atoms with Crippen molar-refractivity contribution in [1.82, 2.24) is 0 Å². The molecule has 1 aromatic heterocycles. The zero-order valence-electron chi connectivity index (χ0n) is 20.7. The summed E-state index contributed by atoms with van der Waals surface area (Å²) in [7, 11) is 1.54. The second kappa shape index (κ2) is 10.9. The van der Waals surface area contributed by atoms with Crippen LogP contribution >= 0.6 is 0 Å². The van der Waals surface area contributed by atoms with Gasteiger partial charge in [0.05, 0.1) is 12.0 Å². The molecule has 8 heteroatoms. The number of carbonyl (C=O) groups excluding carboxylic acids is 2. The van der Waals surface area contributed by atoms with Gasteiger partial charge in [-0.2, -0.15) is 0 Å². The van der Waals surface area contributed by atoms with Crippen molar-refractivity contribution in [3.8, 4) is 22.8 Å². The van der Waals surface area contributed by atoms with E-state index in [1.165, 1.54) is 48.6 Å². The van der Waals surface area contributed by atoms with Gasteiger partial charge >= 0.3 is 5.97 Å². The smallest absolute Gasteiger partial charge is 0.348 e. The van der Waals surface area contributed by atoms with Crippen LogP contribution in [0.15, 0.2) is 108 Å². The van der Waals surface area contributed by atoms with E-state index in [1.54, 1.807) is 37.4 Å². The number of hydrogen-bond acceptors (Lipinski definition) is 7. The predicted molar refractivity (Wildman–Crippen MR) is 146 cm³/mol. The van der Waals surface area contributed by atoms with Crippen LogP contribution < -0.4 is 9.47 Å². The molecule has 0 aliphatic rings. The number of benzene rings is 4. The van der Waals surface area contributed by atoms with Crippen LogP contribution in [0.5, 0.6) is 11.5 Å². The van der Waals surface area contributed by atoms with Crippen LogP contribution in [0.25, 0.3) is 28.4 Å². The van der Waals surface area contributed by atoms with Crippen LogP contribution in [0.2, 0.25) is 0 Å². The molecule has 0 amide bonds. The summed E-state index contributed by atoms with van der Waals surface area (Å²) in [6, 6.07) is 26.6. The highest BCUT2D eigenvalue weighted by Gasteiger charge is 2.24. The molecule has 0 unspecified atom stereocenters. The first kappa shape index (κ1) is 25.2. The Morgan fingerprint density at radius 1 is 0.872 bits per heavy atom. The van der Waals surface area contributed by atoms with Crippen LogP contribution in [0, 0.1) is 10.1 Å². The van der Waals surface area contributed by atoms with Gasteiger partial charge in [0, 0.05) is 28.6 Å². The number of nitrogens with zero attached hydrogens (tertiary/aromatic N) is 1. The third kappa shape index (κ3) is 5.45. The van der Waals surface area contributed by atoms with Crippen LogP contribution in [0.4, 0.5) is 5.69 Å². The standard InChI is InChI=1S/C31H21NO7/c1-37-25-15-17-28-26(19-25)29(30(39-28)22-7-3-2-4-8-22)31(34)38-24-13-11-21(12-14-24)27(33)16-10-20-6-5-9-23(18-20)32(35)36/h2-19H,1H3/b16-10+. The summed E-state index contributed by atoms with van der Waals surface area (Å²) in [6.45, 7) is 0. The highest BCUT2D eigenvalue weighted by molar-refractivity contribution is 6.10. The number of non-ortho nitro benzene ring substituents is 1. The largest absolute Gasteiger partial charge is 0.497 e. The van der Waals surface area contributed by atoms with Gasteiger partial charge in [-0.3, -0.25) is 14.9 Å². The number of ether oxygens (including phenoxy) is 2. The van der Waals surface area contributed by atoms with E-state index in [-0.39, 0.29) is 22.8 Å². The molecule has 8 nitrogen and oxygen atoms in total. The number of furan rings is 1. The predicted octanol–water partition coefficient (Wildman–Crippen LogP) is 7.13. The number of fused-ring (bicyclic) bond motifs is 1. The van der Waals surface area contributed by atoms with E-state index in [9.17, 15) is 19.7 Å². The van der Waals surface area contributed by atoms with E-state index in [2.05, 4.69) is 0 Å². The zero-order chi connectivity index (χ0) is 27.4. The third-order valence-corrected chi connectivity index (χ3v) is 5.99. The van der Waals surface area contributed by atoms with Gasteiger partial charge in [0.2, 0.25) is 0 Å². The number of nitro groups is 1. The fourth-order valence-electron chi connectivity index (χ4n) is 4.05. The Morgan fingerprint density at radius 3 is 2.33 bits per heavy atom. The number of hydrogen-bond donors (Lipinski definition) is 0. The molecule has 0 N–H and O–H groups in total. The quantitative estimate of drug-likeness (QED) is 0.0535. The number of esters is 1. The second-order valence-corrected chi connectivity index (χ2v) is 8.50. The van der Waals surface area contributed by atoms with Gasteiger partial charge in [0.15, 0.2) is 5.78 Å². The van der Waals surface area contributed by atoms with Crippen molar-refractivity contribution in [1.29, 1.82) is 0 Å². The van der Waals surface area contributed by atoms with Crippen molar-refractivity contribution in [3.63, 3.8) is 0 Å². The molecule has 5 aromatic rings. The molecule has 0 aliphatic carbocycles. The van der Waals surface area contributed by atoms with Gasteiger partial charge in [-0.15, -0.1) is 0 Å². The summed E-state index contributed by atoms with van der Waals surface area (Å²) in [5.41, 5.74) is 2.32. The molecule has 192 valence electrons. The van der Waals surface area contributed by atoms with Gasteiger partial charge in [-0.05, 0) is 54.1 Å². The molecule has 39 heavy (non-hydrogen) atoms. The van der Waals surface area contributed by atoms with E-state index in [0.29, 0.717) is 33.6 Å². The van der Waals surface area contributed by atoms with Crippen molar-refractivity contribution >= 4 is 34.5 Å². The van der Waals surface area contributed by atoms with Crippen LogP contribution in [-0.2, 0) is 0 Å². The molecule has 0 aliphatic heterocycles. The lowest BCUT2D eigenvalue weighted by atomic mass is 10.1. The average molecular weight is 520 g/mol. The monoisotopic (exact) mass is 519 g/mol. The second-order valence-electron chi connectivity index (χ2n) is 8.50. The topological polar surface area (TPSA) is 109 Å². The fourth-order valence-corrected chi connectivity index (χ4v) is 4.05. The minimum absolute atomic E-state index is 0.0602. The maximum absolute atomic E-state index is 13.4. The number of carbonyl (C=O) groups is 2. The molecule has 1 heterocycles. The summed E-state index contributed by atoms with van der Waals surface area (Å²) in [4.78, 5) is 36.5. The molecule has 0 saturated carbocycles. The lowest BCUT2D eigenvalue weighted by Gasteiger charge is -2.06. The number of allylic oxidation sites excluding steroid dienone is 1. The Bertz CT molecular complexity index is 1720. The summed E-state index contributed by atoms with van der Waals surface area (Å²) in [6.07, 6.45) is 2.84. The fraction of sp³-hybridized carbons (Fsp3) is 0.0323. The molecular formula is C31H21NO7. The zero-order valence-corrected chi connectivity index (χ0v) is 20.7. The van der Waals surface area contributed by atoms with E-state index in [1.807, 2.05) is 30.3 Å². The molecule has 5 rings (SSSR count). The maximum atomic E-state index is 13.4. The molecule has 0 spiro atoms. The molecule has 0 radical (unpaired) electrons. The molecule has 0 saturated heterocycles. The van der Waals surface area contributed by atoms with Gasteiger partial charge < -0.3 is 13.9 Å². The Balaban J connectivity index is 1.38. The lowest BCUT2D eigenvalue weighted by molar-refractivity contribution is -0.384. The molecule has 0 fully saturated rings. The molecule has 0 atom stereocenters. The van der Waals surface area contributed by atoms with Gasteiger partial charge in [-0.25, -0.2) is 4.79 Å². The van der Waals surface area contributed by atoms with Crippen LogP contribution in [0.1, 0.15) is 26.3 Å². The Hall–Kier alpha value is -5.50. The Labute approximate surface area is 222 Å². The first-order chi connectivity index (χ1) is 18.9. The Kier molecular flexibility index (Phi) is 7.00. The highest BCUT2D eigenvalue weighted by atomic mass is 16.6.